The molecule has 0 atom stereocenters. The maximum atomic E-state index is 10.5. The predicted octanol–water partition coefficient (Wildman–Crippen LogP) is 1.20. The first-order valence-electron chi connectivity index (χ1n) is 6.22. The molecule has 0 aliphatic carbocycles. The molecule has 102 valence electrons. The van der Waals surface area contributed by atoms with Crippen molar-refractivity contribution in [1.29, 1.82) is 0 Å². The van der Waals surface area contributed by atoms with Gasteiger partial charge in [0.1, 0.15) is 11.6 Å². The fraction of sp³-hybridized carbons (Fsp3) is 0.750. The molecule has 6 nitrogen and oxygen atoms in total. The summed E-state index contributed by atoms with van der Waals surface area (Å²) in [6, 6.07) is 0.357. The molecule has 0 fully saturated rings. The second-order valence-corrected chi connectivity index (χ2v) is 4.78. The monoisotopic (exact) mass is 254 g/mol. The lowest BCUT2D eigenvalue weighted by molar-refractivity contribution is -0.137. The Labute approximate surface area is 108 Å². The van der Waals surface area contributed by atoms with Gasteiger partial charge in [-0.05, 0) is 33.7 Å². The lowest BCUT2D eigenvalue weighted by Gasteiger charge is -2.25. The first-order chi connectivity index (χ1) is 8.41. The van der Waals surface area contributed by atoms with E-state index >= 15 is 0 Å². The van der Waals surface area contributed by atoms with E-state index < -0.39 is 5.97 Å². The maximum Gasteiger partial charge on any atom is 0.303 e. The third kappa shape index (κ3) is 4.10. The van der Waals surface area contributed by atoms with Crippen molar-refractivity contribution in [2.24, 2.45) is 7.05 Å². The Hall–Kier alpha value is -1.43. The van der Waals surface area contributed by atoms with Crippen molar-refractivity contribution in [3.63, 3.8) is 0 Å². The predicted molar refractivity (Wildman–Crippen MR) is 68.2 cm³/mol. The van der Waals surface area contributed by atoms with Crippen LogP contribution in [0.5, 0.6) is 0 Å². The molecule has 0 radical (unpaired) electrons. The smallest absolute Gasteiger partial charge is 0.303 e. The van der Waals surface area contributed by atoms with Gasteiger partial charge in [0.15, 0.2) is 0 Å². The molecule has 1 aromatic heterocycles. The number of aryl methyl sites for hydroxylation is 1. The van der Waals surface area contributed by atoms with E-state index in [4.69, 9.17) is 5.11 Å². The molecule has 18 heavy (non-hydrogen) atoms. The first-order valence-corrected chi connectivity index (χ1v) is 6.22. The Morgan fingerprint density at radius 3 is 2.56 bits per heavy atom. The molecule has 0 aliphatic rings. The van der Waals surface area contributed by atoms with Crippen LogP contribution in [0, 0.1) is 6.92 Å². The minimum absolute atomic E-state index is 0.209. The summed E-state index contributed by atoms with van der Waals surface area (Å²) < 4.78 is 1.96. The molecule has 0 spiro atoms. The number of rotatable bonds is 7. The molecule has 0 aromatic carbocycles. The minimum Gasteiger partial charge on any atom is -0.481 e. The summed E-state index contributed by atoms with van der Waals surface area (Å²) in [6.45, 7) is 7.58. The van der Waals surface area contributed by atoms with Gasteiger partial charge in [0.25, 0.3) is 0 Å². The van der Waals surface area contributed by atoms with E-state index in [0.717, 1.165) is 18.2 Å². The Balaban J connectivity index is 2.57. The number of aromatic nitrogens is 3. The highest BCUT2D eigenvalue weighted by atomic mass is 16.4. The number of carboxylic acids is 1. The van der Waals surface area contributed by atoms with Crippen LogP contribution in [0.25, 0.3) is 0 Å². The van der Waals surface area contributed by atoms with Crippen LogP contribution >= 0.6 is 0 Å². The van der Waals surface area contributed by atoms with Crippen molar-refractivity contribution < 1.29 is 9.90 Å². The van der Waals surface area contributed by atoms with Crippen LogP contribution < -0.4 is 0 Å². The summed E-state index contributed by atoms with van der Waals surface area (Å²) in [6.07, 6.45) is 0.866. The Morgan fingerprint density at radius 2 is 2.11 bits per heavy atom. The molecule has 1 rings (SSSR count). The zero-order valence-electron chi connectivity index (χ0n) is 11.6. The van der Waals surface area contributed by atoms with Crippen molar-refractivity contribution in [2.45, 2.75) is 46.2 Å². The second-order valence-electron chi connectivity index (χ2n) is 4.78. The van der Waals surface area contributed by atoms with Crippen LogP contribution in [-0.4, -0.2) is 43.3 Å². The molecule has 0 saturated heterocycles. The first kappa shape index (κ1) is 14.6. The van der Waals surface area contributed by atoms with Crippen molar-refractivity contribution in [2.75, 3.05) is 6.54 Å². The maximum absolute atomic E-state index is 10.5. The third-order valence-corrected chi connectivity index (χ3v) is 3.09. The van der Waals surface area contributed by atoms with Gasteiger partial charge in [0.2, 0.25) is 0 Å². The molecule has 0 bridgehead atoms. The number of carboxylic acid groups (broad SMARTS) is 1. The molecule has 1 N–H and O–H groups in total. The van der Waals surface area contributed by atoms with Gasteiger partial charge >= 0.3 is 5.97 Å². The van der Waals surface area contributed by atoms with Gasteiger partial charge < -0.3 is 9.67 Å². The van der Waals surface area contributed by atoms with Gasteiger partial charge in [-0.25, -0.2) is 0 Å². The number of nitrogens with zero attached hydrogens (tertiary/aromatic N) is 4. The number of hydrogen-bond acceptors (Lipinski definition) is 4. The summed E-state index contributed by atoms with van der Waals surface area (Å²) in [4.78, 5) is 12.7. The fourth-order valence-electron chi connectivity index (χ4n) is 1.72. The van der Waals surface area contributed by atoms with Crippen LogP contribution in [0.15, 0.2) is 0 Å². The van der Waals surface area contributed by atoms with Crippen molar-refractivity contribution in [3.05, 3.63) is 11.6 Å². The third-order valence-electron chi connectivity index (χ3n) is 3.09. The summed E-state index contributed by atoms with van der Waals surface area (Å²) in [5.74, 6) is 1.06. The Bertz CT molecular complexity index is 401. The largest absolute Gasteiger partial charge is 0.481 e. The topological polar surface area (TPSA) is 71.2 Å². The SMILES string of the molecule is Cc1nnc(CN(CCCC(=O)O)C(C)C)n1C. The van der Waals surface area contributed by atoms with Gasteiger partial charge in [-0.1, -0.05) is 0 Å². The second kappa shape index (κ2) is 6.49. The van der Waals surface area contributed by atoms with E-state index in [1.54, 1.807) is 0 Å². The fourth-order valence-corrected chi connectivity index (χ4v) is 1.72. The van der Waals surface area contributed by atoms with E-state index in [1.807, 2.05) is 18.5 Å². The van der Waals surface area contributed by atoms with Crippen LogP contribution in [-0.2, 0) is 18.4 Å². The van der Waals surface area contributed by atoms with Crippen LogP contribution in [0.3, 0.4) is 0 Å². The van der Waals surface area contributed by atoms with Crippen molar-refractivity contribution in [1.82, 2.24) is 19.7 Å². The number of carbonyl (C=O) groups is 1. The number of aliphatic carboxylic acids is 1. The minimum atomic E-state index is -0.742. The highest BCUT2D eigenvalue weighted by molar-refractivity contribution is 5.66. The van der Waals surface area contributed by atoms with E-state index in [0.29, 0.717) is 19.0 Å². The molecule has 6 heteroatoms. The molecular formula is C12H22N4O2. The van der Waals surface area contributed by atoms with Crippen molar-refractivity contribution >= 4 is 5.97 Å². The summed E-state index contributed by atoms with van der Waals surface area (Å²) in [5, 5.41) is 16.8. The van der Waals surface area contributed by atoms with Gasteiger partial charge in [0, 0.05) is 19.5 Å². The number of hydrogen-bond donors (Lipinski definition) is 1. The van der Waals surface area contributed by atoms with E-state index in [9.17, 15) is 4.79 Å². The van der Waals surface area contributed by atoms with Gasteiger partial charge in [-0.2, -0.15) is 0 Å². The normalized spacial score (nSPS) is 11.4. The van der Waals surface area contributed by atoms with Crippen LogP contribution in [0.2, 0.25) is 0 Å². The highest BCUT2D eigenvalue weighted by Gasteiger charge is 2.14. The molecule has 1 aromatic rings. The summed E-state index contributed by atoms with van der Waals surface area (Å²) in [5.41, 5.74) is 0. The lowest BCUT2D eigenvalue weighted by atomic mass is 10.2. The summed E-state index contributed by atoms with van der Waals surface area (Å²) in [7, 11) is 1.94. The molecule has 0 aliphatic heterocycles. The quantitative estimate of drug-likeness (QED) is 0.791. The van der Waals surface area contributed by atoms with Crippen LogP contribution in [0.1, 0.15) is 38.3 Å². The zero-order chi connectivity index (χ0) is 13.7. The van der Waals surface area contributed by atoms with Gasteiger partial charge in [-0.15, -0.1) is 10.2 Å². The Kier molecular flexibility index (Phi) is 5.27. The highest BCUT2D eigenvalue weighted by Crippen LogP contribution is 2.08. The van der Waals surface area contributed by atoms with E-state index in [2.05, 4.69) is 28.9 Å². The zero-order valence-corrected chi connectivity index (χ0v) is 11.6. The van der Waals surface area contributed by atoms with E-state index in [-0.39, 0.29) is 6.42 Å². The molecular weight excluding hydrogens is 232 g/mol. The van der Waals surface area contributed by atoms with Gasteiger partial charge in [0.05, 0.1) is 6.54 Å². The standard InChI is InChI=1S/C12H22N4O2/c1-9(2)16(7-5-6-12(17)18)8-11-14-13-10(3)15(11)4/h9H,5-8H2,1-4H3,(H,17,18). The molecule has 0 unspecified atom stereocenters. The average Bonchev–Trinajstić information content (AvgIpc) is 2.58. The lowest BCUT2D eigenvalue weighted by Crippen LogP contribution is -2.32. The van der Waals surface area contributed by atoms with Crippen LogP contribution in [0.4, 0.5) is 0 Å². The van der Waals surface area contributed by atoms with Gasteiger partial charge in [-0.3, -0.25) is 9.69 Å². The summed E-state index contributed by atoms with van der Waals surface area (Å²) >= 11 is 0. The average molecular weight is 254 g/mol. The molecule has 0 amide bonds. The molecule has 0 saturated carbocycles. The van der Waals surface area contributed by atoms with Crippen molar-refractivity contribution in [3.8, 4) is 0 Å². The van der Waals surface area contributed by atoms with E-state index in [1.165, 1.54) is 0 Å². The molecule has 1 heterocycles. The Morgan fingerprint density at radius 1 is 1.44 bits per heavy atom.